The Bertz CT molecular complexity index is 637. The van der Waals surface area contributed by atoms with Crippen molar-refractivity contribution in [2.24, 2.45) is 0 Å². The molecule has 0 aromatic heterocycles. The first-order valence-electron chi connectivity index (χ1n) is 7.72. The van der Waals surface area contributed by atoms with Crippen LogP contribution in [0, 0.1) is 6.92 Å². The summed E-state index contributed by atoms with van der Waals surface area (Å²) in [5, 5.41) is 0. The van der Waals surface area contributed by atoms with Crippen LogP contribution < -0.4 is 9.64 Å². The summed E-state index contributed by atoms with van der Waals surface area (Å²) < 4.78 is 5.65. The minimum absolute atomic E-state index is 0.0324. The molecule has 0 N–H and O–H groups in total. The van der Waals surface area contributed by atoms with Gasteiger partial charge < -0.3 is 9.64 Å². The van der Waals surface area contributed by atoms with Crippen LogP contribution in [0.5, 0.6) is 5.75 Å². The summed E-state index contributed by atoms with van der Waals surface area (Å²) in [5.41, 5.74) is 3.26. The zero-order valence-electron chi connectivity index (χ0n) is 13.5. The molecular weight excluding hydrogens is 274 g/mol. The van der Waals surface area contributed by atoms with Crippen LogP contribution in [0.1, 0.15) is 25.0 Å². The number of carbonyl (C=O) groups excluding carboxylic acids is 1. The molecule has 1 amide bonds. The monoisotopic (exact) mass is 297 g/mol. The standard InChI is InChI=1S/C19H23NO2/c1-4-16-9-7-11-18(13-16)22-14-19(21)20(5-2)17-10-6-8-15(3)12-17/h6-13H,4-5,14H2,1-3H3. The van der Waals surface area contributed by atoms with Gasteiger partial charge in [0.1, 0.15) is 5.75 Å². The van der Waals surface area contributed by atoms with Crippen LogP contribution in [0.2, 0.25) is 0 Å². The van der Waals surface area contributed by atoms with Crippen LogP contribution in [-0.4, -0.2) is 19.1 Å². The lowest BCUT2D eigenvalue weighted by Gasteiger charge is -2.21. The van der Waals surface area contributed by atoms with Crippen molar-refractivity contribution in [2.45, 2.75) is 27.2 Å². The molecule has 3 nitrogen and oxygen atoms in total. The van der Waals surface area contributed by atoms with Gasteiger partial charge in [0.25, 0.3) is 5.91 Å². The zero-order valence-corrected chi connectivity index (χ0v) is 13.5. The molecule has 116 valence electrons. The molecule has 0 radical (unpaired) electrons. The normalized spacial score (nSPS) is 10.3. The Balaban J connectivity index is 2.03. The maximum absolute atomic E-state index is 12.4. The molecule has 0 bridgehead atoms. The quantitative estimate of drug-likeness (QED) is 0.807. The first-order valence-corrected chi connectivity index (χ1v) is 7.72. The van der Waals surface area contributed by atoms with Crippen molar-refractivity contribution < 1.29 is 9.53 Å². The molecule has 22 heavy (non-hydrogen) atoms. The van der Waals surface area contributed by atoms with Gasteiger partial charge in [-0.1, -0.05) is 31.2 Å². The number of aryl methyl sites for hydroxylation is 2. The third kappa shape index (κ3) is 4.10. The van der Waals surface area contributed by atoms with E-state index in [-0.39, 0.29) is 12.5 Å². The smallest absolute Gasteiger partial charge is 0.264 e. The second kappa shape index (κ2) is 7.64. The lowest BCUT2D eigenvalue weighted by molar-refractivity contribution is -0.120. The fourth-order valence-electron chi connectivity index (χ4n) is 2.38. The second-order valence-electron chi connectivity index (χ2n) is 5.27. The highest BCUT2D eigenvalue weighted by Gasteiger charge is 2.14. The highest BCUT2D eigenvalue weighted by Crippen LogP contribution is 2.17. The van der Waals surface area contributed by atoms with Crippen molar-refractivity contribution in [3.05, 3.63) is 59.7 Å². The third-order valence-electron chi connectivity index (χ3n) is 3.60. The third-order valence-corrected chi connectivity index (χ3v) is 3.60. The molecule has 0 atom stereocenters. The number of benzene rings is 2. The molecule has 0 heterocycles. The van der Waals surface area contributed by atoms with Gasteiger partial charge in [-0.05, 0) is 55.7 Å². The van der Waals surface area contributed by atoms with E-state index in [4.69, 9.17) is 4.74 Å². The molecule has 0 saturated carbocycles. The van der Waals surface area contributed by atoms with Gasteiger partial charge in [0.15, 0.2) is 6.61 Å². The van der Waals surface area contributed by atoms with Crippen molar-refractivity contribution in [3.8, 4) is 5.75 Å². The summed E-state index contributed by atoms with van der Waals surface area (Å²) in [7, 11) is 0. The first-order chi connectivity index (χ1) is 10.6. The topological polar surface area (TPSA) is 29.5 Å². The first kappa shape index (κ1) is 16.1. The number of ether oxygens (including phenoxy) is 1. The van der Waals surface area contributed by atoms with Crippen molar-refractivity contribution in [2.75, 3.05) is 18.1 Å². The van der Waals surface area contributed by atoms with E-state index in [1.807, 2.05) is 56.3 Å². The maximum atomic E-state index is 12.4. The number of hydrogen-bond acceptors (Lipinski definition) is 2. The van der Waals surface area contributed by atoms with Crippen molar-refractivity contribution in [3.63, 3.8) is 0 Å². The van der Waals surface area contributed by atoms with Crippen molar-refractivity contribution >= 4 is 11.6 Å². The molecule has 0 fully saturated rings. The summed E-state index contributed by atoms with van der Waals surface area (Å²) in [4.78, 5) is 14.2. The molecule has 0 spiro atoms. The maximum Gasteiger partial charge on any atom is 0.264 e. The van der Waals surface area contributed by atoms with E-state index in [0.29, 0.717) is 6.54 Å². The van der Waals surface area contributed by atoms with Gasteiger partial charge in [-0.2, -0.15) is 0 Å². The van der Waals surface area contributed by atoms with E-state index in [1.165, 1.54) is 5.56 Å². The molecule has 2 rings (SSSR count). The minimum atomic E-state index is -0.0324. The van der Waals surface area contributed by atoms with Gasteiger partial charge in [-0.15, -0.1) is 0 Å². The molecule has 2 aromatic carbocycles. The largest absolute Gasteiger partial charge is 0.484 e. The Kier molecular flexibility index (Phi) is 5.59. The van der Waals surface area contributed by atoms with Crippen LogP contribution in [0.25, 0.3) is 0 Å². The molecule has 0 saturated heterocycles. The molecule has 2 aromatic rings. The Labute approximate surface area is 132 Å². The summed E-state index contributed by atoms with van der Waals surface area (Å²) in [6, 6.07) is 15.8. The van der Waals surface area contributed by atoms with E-state index in [2.05, 4.69) is 13.0 Å². The summed E-state index contributed by atoms with van der Waals surface area (Å²) in [6.07, 6.45) is 0.954. The van der Waals surface area contributed by atoms with Gasteiger partial charge in [0.2, 0.25) is 0 Å². The number of nitrogens with zero attached hydrogens (tertiary/aromatic N) is 1. The number of rotatable bonds is 6. The molecule has 3 heteroatoms. The molecular formula is C19H23NO2. The Hall–Kier alpha value is -2.29. The molecule has 0 aliphatic heterocycles. The predicted molar refractivity (Wildman–Crippen MR) is 90.5 cm³/mol. The predicted octanol–water partition coefficient (Wildman–Crippen LogP) is 3.99. The molecule has 0 unspecified atom stereocenters. The van der Waals surface area contributed by atoms with E-state index < -0.39 is 0 Å². The number of anilines is 1. The Morgan fingerprint density at radius 2 is 1.86 bits per heavy atom. The fourth-order valence-corrected chi connectivity index (χ4v) is 2.38. The van der Waals surface area contributed by atoms with E-state index >= 15 is 0 Å². The van der Waals surface area contributed by atoms with Crippen LogP contribution in [0.3, 0.4) is 0 Å². The lowest BCUT2D eigenvalue weighted by Crippen LogP contribution is -2.34. The molecule has 0 aliphatic carbocycles. The zero-order chi connectivity index (χ0) is 15.9. The number of amides is 1. The van der Waals surface area contributed by atoms with Crippen LogP contribution in [0.4, 0.5) is 5.69 Å². The number of hydrogen-bond donors (Lipinski definition) is 0. The number of likely N-dealkylation sites (N-methyl/N-ethyl adjacent to an activating group) is 1. The van der Waals surface area contributed by atoms with Gasteiger partial charge in [-0.3, -0.25) is 4.79 Å². The van der Waals surface area contributed by atoms with Gasteiger partial charge in [-0.25, -0.2) is 0 Å². The highest BCUT2D eigenvalue weighted by atomic mass is 16.5. The SMILES string of the molecule is CCc1cccc(OCC(=O)N(CC)c2cccc(C)c2)c1. The summed E-state index contributed by atoms with van der Waals surface area (Å²) in [5.74, 6) is 0.711. The van der Waals surface area contributed by atoms with Crippen molar-refractivity contribution in [1.82, 2.24) is 0 Å². The average Bonchev–Trinajstić information content (AvgIpc) is 2.54. The van der Waals surface area contributed by atoms with Gasteiger partial charge in [0, 0.05) is 12.2 Å². The molecule has 0 aliphatic rings. The summed E-state index contributed by atoms with van der Waals surface area (Å²) in [6.45, 7) is 6.77. The van der Waals surface area contributed by atoms with Crippen LogP contribution >= 0.6 is 0 Å². The Morgan fingerprint density at radius 3 is 2.55 bits per heavy atom. The van der Waals surface area contributed by atoms with Gasteiger partial charge in [0.05, 0.1) is 0 Å². The van der Waals surface area contributed by atoms with E-state index in [9.17, 15) is 4.79 Å². The fraction of sp³-hybridized carbons (Fsp3) is 0.316. The van der Waals surface area contributed by atoms with Crippen molar-refractivity contribution in [1.29, 1.82) is 0 Å². The minimum Gasteiger partial charge on any atom is -0.484 e. The van der Waals surface area contributed by atoms with Gasteiger partial charge >= 0.3 is 0 Å². The number of carbonyl (C=O) groups is 1. The average molecular weight is 297 g/mol. The second-order valence-corrected chi connectivity index (χ2v) is 5.27. The Morgan fingerprint density at radius 1 is 1.09 bits per heavy atom. The van der Waals surface area contributed by atoms with Crippen LogP contribution in [-0.2, 0) is 11.2 Å². The van der Waals surface area contributed by atoms with E-state index in [0.717, 1.165) is 23.4 Å². The highest BCUT2D eigenvalue weighted by molar-refractivity contribution is 5.94. The summed E-state index contributed by atoms with van der Waals surface area (Å²) >= 11 is 0. The van der Waals surface area contributed by atoms with Crippen LogP contribution in [0.15, 0.2) is 48.5 Å². The lowest BCUT2D eigenvalue weighted by atomic mass is 10.2. The van der Waals surface area contributed by atoms with E-state index in [1.54, 1.807) is 4.90 Å².